The molecule has 4 aromatic rings. The third-order valence-electron chi connectivity index (χ3n) is 6.35. The number of para-hydroxylation sites is 1. The zero-order valence-corrected chi connectivity index (χ0v) is 19.4. The first-order valence-electron chi connectivity index (χ1n) is 12.0. The summed E-state index contributed by atoms with van der Waals surface area (Å²) in [7, 11) is 0. The van der Waals surface area contributed by atoms with Crippen LogP contribution in [0.1, 0.15) is 50.2 Å². The second kappa shape index (κ2) is 9.99. The lowest BCUT2D eigenvalue weighted by Crippen LogP contribution is -2.31. The van der Waals surface area contributed by atoms with Crippen molar-refractivity contribution in [2.75, 3.05) is 18.4 Å². The van der Waals surface area contributed by atoms with Gasteiger partial charge < -0.3 is 10.2 Å². The molecule has 8 nitrogen and oxygen atoms in total. The van der Waals surface area contributed by atoms with Gasteiger partial charge in [0.15, 0.2) is 0 Å². The van der Waals surface area contributed by atoms with Crippen molar-refractivity contribution in [3.63, 3.8) is 0 Å². The molecule has 8 heteroatoms. The Bertz CT molecular complexity index is 1280. The highest BCUT2D eigenvalue weighted by molar-refractivity contribution is 5.88. The second-order valence-corrected chi connectivity index (χ2v) is 8.50. The van der Waals surface area contributed by atoms with E-state index < -0.39 is 0 Å². The van der Waals surface area contributed by atoms with Gasteiger partial charge in [0.05, 0.1) is 17.3 Å². The molecule has 0 radical (unpaired) electrons. The van der Waals surface area contributed by atoms with Gasteiger partial charge in [-0.1, -0.05) is 25.1 Å². The van der Waals surface area contributed by atoms with E-state index in [4.69, 9.17) is 4.98 Å². The van der Waals surface area contributed by atoms with E-state index in [2.05, 4.69) is 27.2 Å². The van der Waals surface area contributed by atoms with Crippen LogP contribution in [0, 0.1) is 0 Å². The molecule has 34 heavy (non-hydrogen) atoms. The summed E-state index contributed by atoms with van der Waals surface area (Å²) < 4.78 is 2.02. The lowest BCUT2D eigenvalue weighted by Gasteiger charge is -2.25. The first-order chi connectivity index (χ1) is 16.7. The van der Waals surface area contributed by atoms with E-state index in [1.54, 1.807) is 12.5 Å². The number of carbonyl (C=O) groups is 1. The summed E-state index contributed by atoms with van der Waals surface area (Å²) in [5.74, 6) is 2.82. The summed E-state index contributed by atoms with van der Waals surface area (Å²) in [6.07, 6.45) is 9.32. The van der Waals surface area contributed by atoms with Crippen LogP contribution in [0.25, 0.3) is 16.7 Å². The summed E-state index contributed by atoms with van der Waals surface area (Å²) >= 11 is 0. The van der Waals surface area contributed by atoms with Crippen LogP contribution >= 0.6 is 0 Å². The molecule has 3 aromatic heterocycles. The largest absolute Gasteiger partial charge is 0.369 e. The average Bonchev–Trinajstić information content (AvgIpc) is 3.56. The van der Waals surface area contributed by atoms with Gasteiger partial charge in [-0.2, -0.15) is 0 Å². The maximum Gasteiger partial charge on any atom is 0.223 e. The summed E-state index contributed by atoms with van der Waals surface area (Å²) in [5, 5.41) is 4.36. The number of likely N-dealkylation sites (tertiary alicyclic amines) is 1. The number of amides is 1. The van der Waals surface area contributed by atoms with Gasteiger partial charge in [0.1, 0.15) is 23.8 Å². The number of hydrogen-bond acceptors (Lipinski definition) is 6. The second-order valence-electron chi connectivity index (χ2n) is 8.50. The molecule has 1 atom stereocenters. The molecule has 0 aliphatic carbocycles. The zero-order valence-electron chi connectivity index (χ0n) is 19.4. The minimum atomic E-state index is 0.0276. The fourth-order valence-corrected chi connectivity index (χ4v) is 4.67. The summed E-state index contributed by atoms with van der Waals surface area (Å²) in [4.78, 5) is 33.1. The molecule has 1 aliphatic rings. The maximum atomic E-state index is 13.1. The molecular weight excluding hydrogens is 426 g/mol. The molecule has 1 fully saturated rings. The standard InChI is InChI=1S/C26H29N7O/c1-2-23-27-15-17-33(23)24-12-5-10-21(31-24)22-11-7-16-32(22)25(34)13-6-14-28-26-19-8-3-4-9-20(19)29-18-30-26/h3-5,8-10,12,15,17-18,22H,2,6-7,11,13-14,16H2,1H3,(H,28,29,30). The van der Waals surface area contributed by atoms with Crippen LogP contribution in [0.15, 0.2) is 61.2 Å². The van der Waals surface area contributed by atoms with E-state index in [9.17, 15) is 4.79 Å². The van der Waals surface area contributed by atoms with Crippen molar-refractivity contribution in [1.29, 1.82) is 0 Å². The number of benzene rings is 1. The van der Waals surface area contributed by atoms with Crippen LogP contribution in [-0.4, -0.2) is 48.4 Å². The molecule has 1 aromatic carbocycles. The van der Waals surface area contributed by atoms with Crippen molar-refractivity contribution in [3.8, 4) is 5.82 Å². The predicted molar refractivity (Wildman–Crippen MR) is 132 cm³/mol. The smallest absolute Gasteiger partial charge is 0.223 e. The van der Waals surface area contributed by atoms with Crippen LogP contribution in [0.4, 0.5) is 5.82 Å². The number of nitrogens with zero attached hydrogens (tertiary/aromatic N) is 6. The molecule has 0 saturated carbocycles. The van der Waals surface area contributed by atoms with Gasteiger partial charge in [-0.15, -0.1) is 0 Å². The predicted octanol–water partition coefficient (Wildman–Crippen LogP) is 4.33. The number of anilines is 1. The Morgan fingerprint density at radius 1 is 1.12 bits per heavy atom. The van der Waals surface area contributed by atoms with Crippen molar-refractivity contribution in [2.24, 2.45) is 0 Å². The Kier molecular flexibility index (Phi) is 6.46. The van der Waals surface area contributed by atoms with Gasteiger partial charge in [0.25, 0.3) is 0 Å². The third-order valence-corrected chi connectivity index (χ3v) is 6.35. The number of nitrogens with one attached hydrogen (secondary N) is 1. The highest BCUT2D eigenvalue weighted by Crippen LogP contribution is 2.32. The van der Waals surface area contributed by atoms with E-state index in [0.717, 1.165) is 66.3 Å². The van der Waals surface area contributed by atoms with Crippen molar-refractivity contribution in [1.82, 2.24) is 29.4 Å². The molecular formula is C26H29N7O. The lowest BCUT2D eigenvalue weighted by atomic mass is 10.1. The van der Waals surface area contributed by atoms with Crippen LogP contribution in [0.5, 0.6) is 0 Å². The molecule has 1 N–H and O–H groups in total. The highest BCUT2D eigenvalue weighted by Gasteiger charge is 2.30. The van der Waals surface area contributed by atoms with Gasteiger partial charge in [-0.25, -0.2) is 19.9 Å². The van der Waals surface area contributed by atoms with Crippen molar-refractivity contribution < 1.29 is 4.79 Å². The van der Waals surface area contributed by atoms with Gasteiger partial charge in [0, 0.05) is 43.7 Å². The van der Waals surface area contributed by atoms with Gasteiger partial charge in [-0.05, 0) is 43.5 Å². The molecule has 1 saturated heterocycles. The van der Waals surface area contributed by atoms with Gasteiger partial charge in [-0.3, -0.25) is 9.36 Å². The fraction of sp³-hybridized carbons (Fsp3) is 0.346. The fourth-order valence-electron chi connectivity index (χ4n) is 4.67. The van der Waals surface area contributed by atoms with Gasteiger partial charge in [0.2, 0.25) is 5.91 Å². The third kappa shape index (κ3) is 4.48. The Labute approximate surface area is 199 Å². The number of carbonyl (C=O) groups excluding carboxylic acids is 1. The van der Waals surface area contributed by atoms with Crippen LogP contribution in [0.3, 0.4) is 0 Å². The number of pyridine rings is 1. The number of rotatable bonds is 8. The Hall–Kier alpha value is -3.81. The number of aromatic nitrogens is 5. The number of aryl methyl sites for hydroxylation is 1. The van der Waals surface area contributed by atoms with E-state index >= 15 is 0 Å². The molecule has 174 valence electrons. The summed E-state index contributed by atoms with van der Waals surface area (Å²) in [6, 6.07) is 14.0. The topological polar surface area (TPSA) is 88.8 Å². The Balaban J connectivity index is 1.21. The van der Waals surface area contributed by atoms with Gasteiger partial charge >= 0.3 is 0 Å². The zero-order chi connectivity index (χ0) is 23.3. The summed E-state index contributed by atoms with van der Waals surface area (Å²) in [5.41, 5.74) is 1.86. The average molecular weight is 456 g/mol. The number of imidazole rings is 1. The quantitative estimate of drug-likeness (QED) is 0.398. The number of fused-ring (bicyclic) bond motifs is 1. The molecule has 1 amide bonds. The van der Waals surface area contributed by atoms with Crippen molar-refractivity contribution in [3.05, 3.63) is 72.7 Å². The van der Waals surface area contributed by atoms with Crippen molar-refractivity contribution in [2.45, 2.75) is 45.1 Å². The minimum Gasteiger partial charge on any atom is -0.369 e. The minimum absolute atomic E-state index is 0.0276. The molecule has 1 unspecified atom stereocenters. The van der Waals surface area contributed by atoms with E-state index in [1.165, 1.54) is 0 Å². The van der Waals surface area contributed by atoms with E-state index in [0.29, 0.717) is 13.0 Å². The normalized spacial score (nSPS) is 15.7. The van der Waals surface area contributed by atoms with E-state index in [1.807, 2.05) is 58.1 Å². The first kappa shape index (κ1) is 22.0. The molecule has 5 rings (SSSR count). The summed E-state index contributed by atoms with van der Waals surface area (Å²) in [6.45, 7) is 3.55. The Morgan fingerprint density at radius 3 is 2.94 bits per heavy atom. The molecule has 4 heterocycles. The monoisotopic (exact) mass is 455 g/mol. The van der Waals surface area contributed by atoms with Crippen LogP contribution < -0.4 is 5.32 Å². The molecule has 0 spiro atoms. The molecule has 0 bridgehead atoms. The highest BCUT2D eigenvalue weighted by atomic mass is 16.2. The SMILES string of the molecule is CCc1nccn1-c1cccc(C2CCCN2C(=O)CCCNc2ncnc3ccccc23)n1. The van der Waals surface area contributed by atoms with Crippen LogP contribution in [0.2, 0.25) is 0 Å². The Morgan fingerprint density at radius 2 is 2.03 bits per heavy atom. The maximum absolute atomic E-state index is 13.1. The number of hydrogen-bond donors (Lipinski definition) is 1. The van der Waals surface area contributed by atoms with Crippen molar-refractivity contribution >= 4 is 22.6 Å². The lowest BCUT2D eigenvalue weighted by molar-refractivity contribution is -0.132. The van der Waals surface area contributed by atoms with Crippen LogP contribution in [-0.2, 0) is 11.2 Å². The first-order valence-corrected chi connectivity index (χ1v) is 12.0. The van der Waals surface area contributed by atoms with E-state index in [-0.39, 0.29) is 11.9 Å². The molecule has 1 aliphatic heterocycles.